The van der Waals surface area contributed by atoms with Gasteiger partial charge in [0.05, 0.1) is 5.71 Å². The van der Waals surface area contributed by atoms with Gasteiger partial charge in [0.25, 0.3) is 0 Å². The number of aliphatic imine (C=N–C) groups is 1. The predicted molar refractivity (Wildman–Crippen MR) is 102 cm³/mol. The monoisotopic (exact) mass is 326 g/mol. The lowest BCUT2D eigenvalue weighted by Gasteiger charge is -2.07. The van der Waals surface area contributed by atoms with Crippen molar-refractivity contribution in [3.8, 4) is 0 Å². The first-order valence-electron chi connectivity index (χ1n) is 7.13. The maximum absolute atomic E-state index is 5.60. The number of fused-ring (bicyclic) bond motifs is 3. The number of nitrogens with two attached hydrogens (primary N) is 1. The van der Waals surface area contributed by atoms with Crippen molar-refractivity contribution in [2.45, 2.75) is 6.92 Å². The number of nitrogens with zero attached hydrogens (tertiary/aromatic N) is 2. The minimum absolute atomic E-state index is 0. The molecule has 0 radical (unpaired) electrons. The van der Waals surface area contributed by atoms with Crippen LogP contribution in [0.2, 0.25) is 0 Å². The minimum Gasteiger partial charge on any atom is -0.369 e. The molecule has 0 heterocycles. The van der Waals surface area contributed by atoms with E-state index in [4.69, 9.17) is 5.73 Å². The van der Waals surface area contributed by atoms with Gasteiger partial charge in [-0.3, -0.25) is 4.99 Å². The maximum Gasteiger partial charge on any atom is 0.209 e. The molecule has 3 aromatic carbocycles. The summed E-state index contributed by atoms with van der Waals surface area (Å²) >= 11 is 0. The molecule has 0 unspecified atom stereocenters. The van der Waals surface area contributed by atoms with Gasteiger partial charge in [0.2, 0.25) is 5.96 Å². The van der Waals surface area contributed by atoms with Crippen molar-refractivity contribution in [3.05, 3.63) is 60.2 Å². The van der Waals surface area contributed by atoms with Gasteiger partial charge in [-0.15, -0.1) is 12.4 Å². The Bertz CT molecular complexity index is 900. The molecule has 0 amide bonds. The van der Waals surface area contributed by atoms with Gasteiger partial charge in [0.15, 0.2) is 0 Å². The summed E-state index contributed by atoms with van der Waals surface area (Å²) in [5, 5.41) is 9.19. The SMILES string of the molecule is CN=C(N)NN=C(C)c1ccc2ccc3ccccc3c2c1.Cl. The number of rotatable bonds is 2. The Labute approximate surface area is 141 Å². The molecular weight excluding hydrogens is 308 g/mol. The van der Waals surface area contributed by atoms with Crippen LogP contribution >= 0.6 is 12.4 Å². The molecule has 0 aliphatic heterocycles. The quantitative estimate of drug-likeness (QED) is 0.326. The van der Waals surface area contributed by atoms with Crippen molar-refractivity contribution in [1.82, 2.24) is 5.43 Å². The van der Waals surface area contributed by atoms with Gasteiger partial charge in [-0.1, -0.05) is 48.5 Å². The average Bonchev–Trinajstić information content (AvgIpc) is 2.58. The highest BCUT2D eigenvalue weighted by Gasteiger charge is 2.04. The fraction of sp³-hybridized carbons (Fsp3) is 0.111. The van der Waals surface area contributed by atoms with Crippen molar-refractivity contribution in [2.75, 3.05) is 7.05 Å². The molecule has 3 N–H and O–H groups in total. The summed E-state index contributed by atoms with van der Waals surface area (Å²) in [7, 11) is 1.62. The fourth-order valence-electron chi connectivity index (χ4n) is 2.48. The van der Waals surface area contributed by atoms with Crippen LogP contribution in [0.5, 0.6) is 0 Å². The lowest BCUT2D eigenvalue weighted by molar-refractivity contribution is 0.997. The van der Waals surface area contributed by atoms with Crippen LogP contribution in [0.25, 0.3) is 21.5 Å². The van der Waals surface area contributed by atoms with Gasteiger partial charge in [0, 0.05) is 7.05 Å². The second-order valence-electron chi connectivity index (χ2n) is 5.14. The largest absolute Gasteiger partial charge is 0.369 e. The van der Waals surface area contributed by atoms with E-state index in [1.165, 1.54) is 21.5 Å². The Morgan fingerprint density at radius 2 is 1.61 bits per heavy atom. The van der Waals surface area contributed by atoms with Crippen molar-refractivity contribution in [3.63, 3.8) is 0 Å². The Morgan fingerprint density at radius 1 is 0.957 bits per heavy atom. The first kappa shape index (κ1) is 16.8. The first-order chi connectivity index (χ1) is 10.7. The molecule has 4 nitrogen and oxygen atoms in total. The van der Waals surface area contributed by atoms with Gasteiger partial charge >= 0.3 is 0 Å². The molecule has 5 heteroatoms. The Hall–Kier alpha value is -2.59. The summed E-state index contributed by atoms with van der Waals surface area (Å²) < 4.78 is 0. The van der Waals surface area contributed by atoms with E-state index in [1.54, 1.807) is 7.05 Å². The van der Waals surface area contributed by atoms with Crippen LogP contribution in [-0.4, -0.2) is 18.7 Å². The normalized spacial score (nSPS) is 12.3. The third-order valence-corrected chi connectivity index (χ3v) is 3.74. The van der Waals surface area contributed by atoms with Crippen molar-refractivity contribution in [1.29, 1.82) is 0 Å². The van der Waals surface area contributed by atoms with Gasteiger partial charge in [-0.05, 0) is 40.1 Å². The topological polar surface area (TPSA) is 62.8 Å². The van der Waals surface area contributed by atoms with Crippen LogP contribution in [0.1, 0.15) is 12.5 Å². The summed E-state index contributed by atoms with van der Waals surface area (Å²) in [6.07, 6.45) is 0. The fourth-order valence-corrected chi connectivity index (χ4v) is 2.48. The molecule has 0 saturated carbocycles. The molecule has 0 fully saturated rings. The smallest absolute Gasteiger partial charge is 0.209 e. The first-order valence-corrected chi connectivity index (χ1v) is 7.13. The zero-order valence-electron chi connectivity index (χ0n) is 13.1. The molecule has 3 aromatic rings. The third-order valence-electron chi connectivity index (χ3n) is 3.74. The number of benzene rings is 3. The van der Waals surface area contributed by atoms with E-state index in [1.807, 2.05) is 6.92 Å². The number of hydrogen-bond acceptors (Lipinski definition) is 2. The number of halogens is 1. The van der Waals surface area contributed by atoms with E-state index in [9.17, 15) is 0 Å². The van der Waals surface area contributed by atoms with Crippen LogP contribution < -0.4 is 11.2 Å². The van der Waals surface area contributed by atoms with E-state index >= 15 is 0 Å². The molecule has 0 saturated heterocycles. The second-order valence-corrected chi connectivity index (χ2v) is 5.14. The van der Waals surface area contributed by atoms with Gasteiger partial charge in [0.1, 0.15) is 0 Å². The summed E-state index contributed by atoms with van der Waals surface area (Å²) in [5.41, 5.74) is 10.2. The molecule has 0 aliphatic carbocycles. The van der Waals surface area contributed by atoms with Crippen LogP contribution in [0.3, 0.4) is 0 Å². The van der Waals surface area contributed by atoms with Crippen LogP contribution in [0, 0.1) is 0 Å². The van der Waals surface area contributed by atoms with Crippen molar-refractivity contribution in [2.24, 2.45) is 15.8 Å². The van der Waals surface area contributed by atoms with E-state index in [-0.39, 0.29) is 12.4 Å². The Morgan fingerprint density at radius 3 is 2.35 bits per heavy atom. The molecular formula is C18H19ClN4. The minimum atomic E-state index is 0. The van der Waals surface area contributed by atoms with Crippen molar-refractivity contribution < 1.29 is 0 Å². The number of hydrazone groups is 1. The summed E-state index contributed by atoms with van der Waals surface area (Å²) in [5.74, 6) is 0.297. The standard InChI is InChI=1S/C18H18N4.ClH/c1-12(21-22-18(19)20-2)15-10-9-14-8-7-13-5-3-4-6-16(13)17(14)11-15;/h3-11H,1-2H3,(H3,19,20,22);1H. The second kappa shape index (κ2) is 7.11. The third kappa shape index (κ3) is 3.43. The number of hydrogen-bond donors (Lipinski definition) is 2. The molecule has 23 heavy (non-hydrogen) atoms. The Balaban J connectivity index is 0.00000192. The van der Waals surface area contributed by atoms with Gasteiger partial charge < -0.3 is 5.73 Å². The van der Waals surface area contributed by atoms with E-state index in [0.717, 1.165) is 11.3 Å². The van der Waals surface area contributed by atoms with Gasteiger partial charge in [-0.2, -0.15) is 5.10 Å². The van der Waals surface area contributed by atoms with Crippen LogP contribution in [-0.2, 0) is 0 Å². The molecule has 0 atom stereocenters. The van der Waals surface area contributed by atoms with E-state index in [2.05, 4.69) is 70.1 Å². The molecule has 0 aromatic heterocycles. The number of nitrogens with one attached hydrogen (secondary N) is 1. The lowest BCUT2D eigenvalue weighted by Crippen LogP contribution is -2.27. The highest BCUT2D eigenvalue weighted by Crippen LogP contribution is 2.26. The highest BCUT2D eigenvalue weighted by molar-refractivity contribution is 6.11. The average molecular weight is 327 g/mol. The van der Waals surface area contributed by atoms with Crippen LogP contribution in [0.4, 0.5) is 0 Å². The molecule has 0 aliphatic rings. The van der Waals surface area contributed by atoms with Crippen molar-refractivity contribution >= 4 is 45.6 Å². The summed E-state index contributed by atoms with van der Waals surface area (Å²) in [4.78, 5) is 3.82. The molecule has 118 valence electrons. The van der Waals surface area contributed by atoms with E-state index in [0.29, 0.717) is 5.96 Å². The molecule has 0 bridgehead atoms. The number of guanidine groups is 1. The van der Waals surface area contributed by atoms with E-state index < -0.39 is 0 Å². The molecule has 3 rings (SSSR count). The molecule has 0 spiro atoms. The zero-order valence-corrected chi connectivity index (χ0v) is 13.9. The van der Waals surface area contributed by atoms with Gasteiger partial charge in [-0.25, -0.2) is 5.43 Å². The zero-order chi connectivity index (χ0) is 15.5. The predicted octanol–water partition coefficient (Wildman–Crippen LogP) is 3.67. The Kier molecular flexibility index (Phi) is 5.19. The maximum atomic E-state index is 5.60. The highest BCUT2D eigenvalue weighted by atomic mass is 35.5. The van der Waals surface area contributed by atoms with Crippen LogP contribution in [0.15, 0.2) is 64.7 Å². The lowest BCUT2D eigenvalue weighted by atomic mass is 9.99. The summed E-state index contributed by atoms with van der Waals surface area (Å²) in [6.45, 7) is 1.95. The summed E-state index contributed by atoms with van der Waals surface area (Å²) in [6, 6.07) is 19.0.